The first-order valence-corrected chi connectivity index (χ1v) is 6.28. The summed E-state index contributed by atoms with van der Waals surface area (Å²) in [5, 5.41) is 13.4. The van der Waals surface area contributed by atoms with Crippen LogP contribution in [0.25, 0.3) is 0 Å². The first-order chi connectivity index (χ1) is 8.77. The number of aliphatic hydroxyl groups excluding tert-OH is 1. The van der Waals surface area contributed by atoms with Crippen LogP contribution in [0.4, 0.5) is 0 Å². The van der Waals surface area contributed by atoms with E-state index in [1.165, 1.54) is 5.56 Å². The minimum absolute atomic E-state index is 0.240. The van der Waals surface area contributed by atoms with Crippen LogP contribution in [0.5, 0.6) is 0 Å². The maximum Gasteiger partial charge on any atom is 0.0914 e. The van der Waals surface area contributed by atoms with Gasteiger partial charge < -0.3 is 10.4 Å². The van der Waals surface area contributed by atoms with E-state index in [9.17, 15) is 5.11 Å². The number of hydrogen-bond acceptors (Lipinski definition) is 2. The van der Waals surface area contributed by atoms with Gasteiger partial charge in [-0.2, -0.15) is 0 Å². The minimum atomic E-state index is -0.461. The lowest BCUT2D eigenvalue weighted by molar-refractivity contribution is 0.171. The van der Waals surface area contributed by atoms with Gasteiger partial charge in [-0.05, 0) is 18.1 Å². The van der Waals surface area contributed by atoms with Crippen LogP contribution in [-0.4, -0.2) is 11.7 Å². The van der Waals surface area contributed by atoms with Crippen molar-refractivity contribution in [1.29, 1.82) is 0 Å². The van der Waals surface area contributed by atoms with E-state index in [0.29, 0.717) is 6.54 Å². The van der Waals surface area contributed by atoms with E-state index in [1.54, 1.807) is 0 Å². The maximum absolute atomic E-state index is 10.1. The maximum atomic E-state index is 10.1. The molecular weight excluding hydrogens is 222 g/mol. The third-order valence-corrected chi connectivity index (χ3v) is 3.10. The topological polar surface area (TPSA) is 32.3 Å². The van der Waals surface area contributed by atoms with Gasteiger partial charge in [-0.1, -0.05) is 60.7 Å². The van der Waals surface area contributed by atoms with Gasteiger partial charge >= 0.3 is 0 Å². The number of hydrogen-bond donors (Lipinski definition) is 2. The largest absolute Gasteiger partial charge is 0.387 e. The Morgan fingerprint density at radius 1 is 0.889 bits per heavy atom. The fraction of sp³-hybridized carbons (Fsp3) is 0.250. The van der Waals surface area contributed by atoms with Gasteiger partial charge in [0.05, 0.1) is 6.10 Å². The molecular formula is C16H19NO. The van der Waals surface area contributed by atoms with Crippen LogP contribution >= 0.6 is 0 Å². The van der Waals surface area contributed by atoms with E-state index in [1.807, 2.05) is 48.5 Å². The quantitative estimate of drug-likeness (QED) is 0.843. The predicted octanol–water partition coefficient (Wildman–Crippen LogP) is 3.07. The van der Waals surface area contributed by atoms with Gasteiger partial charge in [0.1, 0.15) is 0 Å². The third kappa shape index (κ3) is 3.42. The van der Waals surface area contributed by atoms with Crippen LogP contribution in [0.3, 0.4) is 0 Å². The summed E-state index contributed by atoms with van der Waals surface area (Å²) >= 11 is 0. The Bertz CT molecular complexity index is 410. The van der Waals surface area contributed by atoms with Crippen LogP contribution in [0, 0.1) is 0 Å². The molecule has 2 aromatic carbocycles. The summed E-state index contributed by atoms with van der Waals surface area (Å²) in [7, 11) is 0. The van der Waals surface area contributed by atoms with E-state index >= 15 is 0 Å². The predicted molar refractivity (Wildman–Crippen MR) is 74.3 cm³/mol. The Kier molecular flexibility index (Phi) is 4.51. The molecule has 2 heteroatoms. The molecule has 94 valence electrons. The number of nitrogens with one attached hydrogen (secondary N) is 1. The van der Waals surface area contributed by atoms with Crippen molar-refractivity contribution in [2.24, 2.45) is 0 Å². The lowest BCUT2D eigenvalue weighted by Crippen LogP contribution is -2.24. The molecule has 2 aromatic rings. The molecule has 0 aliphatic heterocycles. The molecule has 0 spiro atoms. The van der Waals surface area contributed by atoms with Crippen molar-refractivity contribution < 1.29 is 5.11 Å². The first kappa shape index (κ1) is 12.8. The van der Waals surface area contributed by atoms with Gasteiger partial charge in [0.15, 0.2) is 0 Å². The third-order valence-electron chi connectivity index (χ3n) is 3.10. The summed E-state index contributed by atoms with van der Waals surface area (Å²) in [4.78, 5) is 0. The second-order valence-corrected chi connectivity index (χ2v) is 4.47. The molecule has 0 saturated carbocycles. The van der Waals surface area contributed by atoms with E-state index in [2.05, 4.69) is 24.4 Å². The van der Waals surface area contributed by atoms with Crippen molar-refractivity contribution in [3.8, 4) is 0 Å². The summed E-state index contributed by atoms with van der Waals surface area (Å²) < 4.78 is 0. The molecule has 2 atom stereocenters. The average Bonchev–Trinajstić information content (AvgIpc) is 2.46. The van der Waals surface area contributed by atoms with Crippen molar-refractivity contribution in [2.75, 3.05) is 6.54 Å². The molecule has 1 unspecified atom stereocenters. The van der Waals surface area contributed by atoms with Gasteiger partial charge in [0, 0.05) is 12.6 Å². The highest BCUT2D eigenvalue weighted by atomic mass is 16.3. The molecule has 0 saturated heterocycles. The Morgan fingerprint density at radius 2 is 1.39 bits per heavy atom. The lowest BCUT2D eigenvalue weighted by Gasteiger charge is -2.17. The molecule has 18 heavy (non-hydrogen) atoms. The van der Waals surface area contributed by atoms with E-state index in [-0.39, 0.29) is 6.04 Å². The Hall–Kier alpha value is -1.64. The monoisotopic (exact) mass is 241 g/mol. The normalized spacial score (nSPS) is 14.1. The average molecular weight is 241 g/mol. The fourth-order valence-corrected chi connectivity index (χ4v) is 1.94. The highest BCUT2D eigenvalue weighted by molar-refractivity contribution is 5.19. The van der Waals surface area contributed by atoms with E-state index < -0.39 is 6.10 Å². The molecule has 2 N–H and O–H groups in total. The van der Waals surface area contributed by atoms with Crippen molar-refractivity contribution in [2.45, 2.75) is 19.1 Å². The van der Waals surface area contributed by atoms with Crippen molar-refractivity contribution >= 4 is 0 Å². The van der Waals surface area contributed by atoms with Gasteiger partial charge in [0.25, 0.3) is 0 Å². The number of benzene rings is 2. The summed E-state index contributed by atoms with van der Waals surface area (Å²) in [6.07, 6.45) is -0.461. The van der Waals surface area contributed by atoms with Crippen LogP contribution in [0.15, 0.2) is 60.7 Å². The van der Waals surface area contributed by atoms with E-state index in [0.717, 1.165) is 5.56 Å². The summed E-state index contributed by atoms with van der Waals surface area (Å²) in [6, 6.07) is 20.2. The molecule has 2 nitrogen and oxygen atoms in total. The standard InChI is InChI=1S/C16H19NO/c1-13(14-8-4-2-5-9-14)17-12-16(18)15-10-6-3-7-11-15/h2-11,13,16-18H,12H2,1H3/t13-,16?/m0/s1. The van der Waals surface area contributed by atoms with Gasteiger partial charge in [0.2, 0.25) is 0 Å². The smallest absolute Gasteiger partial charge is 0.0914 e. The zero-order valence-corrected chi connectivity index (χ0v) is 10.6. The molecule has 0 aromatic heterocycles. The molecule has 0 amide bonds. The number of rotatable bonds is 5. The summed E-state index contributed by atoms with van der Waals surface area (Å²) in [5.41, 5.74) is 2.18. The second kappa shape index (κ2) is 6.34. The van der Waals surface area contributed by atoms with Crippen molar-refractivity contribution in [1.82, 2.24) is 5.32 Å². The highest BCUT2D eigenvalue weighted by Crippen LogP contribution is 2.15. The minimum Gasteiger partial charge on any atom is -0.387 e. The van der Waals surface area contributed by atoms with E-state index in [4.69, 9.17) is 0 Å². The van der Waals surface area contributed by atoms with Crippen LogP contribution in [0.1, 0.15) is 30.2 Å². The first-order valence-electron chi connectivity index (χ1n) is 6.28. The molecule has 2 rings (SSSR count). The van der Waals surface area contributed by atoms with Crippen LogP contribution in [-0.2, 0) is 0 Å². The fourth-order valence-electron chi connectivity index (χ4n) is 1.94. The molecule has 0 radical (unpaired) electrons. The molecule has 0 bridgehead atoms. The Balaban J connectivity index is 1.89. The van der Waals surface area contributed by atoms with Gasteiger partial charge in [-0.3, -0.25) is 0 Å². The molecule has 0 fully saturated rings. The van der Waals surface area contributed by atoms with Gasteiger partial charge in [-0.15, -0.1) is 0 Å². The number of aliphatic hydroxyl groups is 1. The van der Waals surface area contributed by atoms with Crippen molar-refractivity contribution in [3.63, 3.8) is 0 Å². The second-order valence-electron chi connectivity index (χ2n) is 4.47. The van der Waals surface area contributed by atoms with Crippen LogP contribution in [0.2, 0.25) is 0 Å². The molecule has 0 aliphatic rings. The van der Waals surface area contributed by atoms with Gasteiger partial charge in [-0.25, -0.2) is 0 Å². The highest BCUT2D eigenvalue weighted by Gasteiger charge is 2.09. The summed E-state index contributed by atoms with van der Waals surface area (Å²) in [6.45, 7) is 2.66. The zero-order valence-electron chi connectivity index (χ0n) is 10.6. The Morgan fingerprint density at radius 3 is 1.94 bits per heavy atom. The molecule has 0 heterocycles. The Labute approximate surface area is 108 Å². The zero-order chi connectivity index (χ0) is 12.8. The van der Waals surface area contributed by atoms with Crippen molar-refractivity contribution in [3.05, 3.63) is 71.8 Å². The lowest BCUT2D eigenvalue weighted by atomic mass is 10.1. The molecule has 0 aliphatic carbocycles. The SMILES string of the molecule is C[C@H](NCC(O)c1ccccc1)c1ccccc1. The van der Waals surface area contributed by atoms with Crippen LogP contribution < -0.4 is 5.32 Å². The summed E-state index contributed by atoms with van der Waals surface area (Å²) in [5.74, 6) is 0.